The van der Waals surface area contributed by atoms with Gasteiger partial charge in [-0.15, -0.1) is 0 Å². The number of carboxylic acids is 1. The average molecular weight is 423 g/mol. The second-order valence-corrected chi connectivity index (χ2v) is 8.14. The summed E-state index contributed by atoms with van der Waals surface area (Å²) in [5.41, 5.74) is 6.65. The number of nitrogens with one attached hydrogen (secondary N) is 1. The molecular formula is C22H22FN5O3. The van der Waals surface area contributed by atoms with Gasteiger partial charge in [0.1, 0.15) is 11.2 Å². The minimum atomic E-state index is -1.36. The smallest absolute Gasteiger partial charge is 0.341 e. The molecule has 3 aromatic rings. The van der Waals surface area contributed by atoms with Crippen LogP contribution in [-0.2, 0) is 13.1 Å². The number of fused-ring (bicyclic) bond motifs is 3. The summed E-state index contributed by atoms with van der Waals surface area (Å²) in [5.74, 6) is -1.77. The lowest BCUT2D eigenvalue weighted by atomic mass is 10.1. The Morgan fingerprint density at radius 2 is 2.13 bits per heavy atom. The number of aromatic carboxylic acids is 1. The fourth-order valence-corrected chi connectivity index (χ4v) is 4.62. The minimum Gasteiger partial charge on any atom is -0.477 e. The van der Waals surface area contributed by atoms with Crippen molar-refractivity contribution in [1.82, 2.24) is 14.9 Å². The molecule has 4 heterocycles. The Morgan fingerprint density at radius 1 is 1.32 bits per heavy atom. The second-order valence-electron chi connectivity index (χ2n) is 8.14. The zero-order valence-corrected chi connectivity index (χ0v) is 16.7. The van der Waals surface area contributed by atoms with Crippen LogP contribution in [0.3, 0.4) is 0 Å². The number of hydrogen-bond acceptors (Lipinski definition) is 6. The maximum absolute atomic E-state index is 15.0. The fourth-order valence-electron chi connectivity index (χ4n) is 4.62. The molecule has 5 rings (SSSR count). The van der Waals surface area contributed by atoms with E-state index in [1.165, 1.54) is 6.20 Å². The molecular weight excluding hydrogens is 401 g/mol. The highest BCUT2D eigenvalue weighted by Gasteiger charge is 2.39. The molecule has 0 spiro atoms. The van der Waals surface area contributed by atoms with E-state index >= 15 is 4.39 Å². The first kappa shape index (κ1) is 19.7. The van der Waals surface area contributed by atoms with E-state index in [0.717, 1.165) is 30.2 Å². The van der Waals surface area contributed by atoms with Gasteiger partial charge in [0.2, 0.25) is 5.43 Å². The molecule has 0 saturated carbocycles. The first-order chi connectivity index (χ1) is 14.9. The largest absolute Gasteiger partial charge is 0.477 e. The zero-order valence-electron chi connectivity index (χ0n) is 16.7. The maximum atomic E-state index is 15.0. The van der Waals surface area contributed by atoms with E-state index < -0.39 is 22.8 Å². The highest BCUT2D eigenvalue weighted by molar-refractivity contribution is 5.92. The van der Waals surface area contributed by atoms with Gasteiger partial charge in [-0.25, -0.2) is 14.2 Å². The second kappa shape index (κ2) is 7.44. The number of pyridine rings is 2. The van der Waals surface area contributed by atoms with E-state index in [2.05, 4.69) is 10.3 Å². The molecule has 2 bridgehead atoms. The molecule has 2 aliphatic rings. The lowest BCUT2D eigenvalue weighted by Crippen LogP contribution is -2.44. The maximum Gasteiger partial charge on any atom is 0.341 e. The van der Waals surface area contributed by atoms with Crippen molar-refractivity contribution >= 4 is 22.8 Å². The van der Waals surface area contributed by atoms with Gasteiger partial charge < -0.3 is 25.6 Å². The highest BCUT2D eigenvalue weighted by atomic mass is 19.1. The lowest BCUT2D eigenvalue weighted by Gasteiger charge is -2.29. The van der Waals surface area contributed by atoms with Gasteiger partial charge in [0.05, 0.1) is 5.39 Å². The molecule has 4 N–H and O–H groups in total. The van der Waals surface area contributed by atoms with Gasteiger partial charge in [0.15, 0.2) is 11.6 Å². The monoisotopic (exact) mass is 423 g/mol. The van der Waals surface area contributed by atoms with Crippen LogP contribution in [0, 0.1) is 5.82 Å². The van der Waals surface area contributed by atoms with Crippen molar-refractivity contribution in [2.75, 3.05) is 18.0 Å². The third-order valence-electron chi connectivity index (χ3n) is 6.12. The third-order valence-corrected chi connectivity index (χ3v) is 6.12. The Labute approximate surface area is 177 Å². The molecule has 1 aromatic carbocycles. The van der Waals surface area contributed by atoms with Gasteiger partial charge in [0, 0.05) is 44.5 Å². The van der Waals surface area contributed by atoms with Crippen molar-refractivity contribution in [1.29, 1.82) is 0 Å². The van der Waals surface area contributed by atoms with Crippen LogP contribution in [0.1, 0.15) is 27.9 Å². The van der Waals surface area contributed by atoms with Crippen LogP contribution in [0.25, 0.3) is 11.0 Å². The number of benzene rings is 1. The molecule has 0 radical (unpaired) electrons. The van der Waals surface area contributed by atoms with E-state index in [0.29, 0.717) is 19.1 Å². The van der Waals surface area contributed by atoms with Crippen molar-refractivity contribution in [3.63, 3.8) is 0 Å². The third kappa shape index (κ3) is 3.35. The predicted octanol–water partition coefficient (Wildman–Crippen LogP) is 1.29. The van der Waals surface area contributed by atoms with Gasteiger partial charge in [-0.2, -0.15) is 0 Å². The number of rotatable bonds is 5. The van der Waals surface area contributed by atoms with E-state index in [4.69, 9.17) is 5.73 Å². The van der Waals surface area contributed by atoms with Crippen molar-refractivity contribution in [3.8, 4) is 0 Å². The summed E-state index contributed by atoms with van der Waals surface area (Å²) >= 11 is 0. The molecule has 8 nitrogen and oxygen atoms in total. The van der Waals surface area contributed by atoms with Crippen molar-refractivity contribution in [2.45, 2.75) is 31.6 Å². The Hall–Kier alpha value is -3.30. The highest BCUT2D eigenvalue weighted by Crippen LogP contribution is 2.31. The summed E-state index contributed by atoms with van der Waals surface area (Å²) in [5, 5.41) is 12.8. The number of aromatic nitrogens is 2. The molecule has 160 valence electrons. The van der Waals surface area contributed by atoms with Crippen molar-refractivity contribution in [2.24, 2.45) is 5.73 Å². The number of carbonyl (C=O) groups is 1. The van der Waals surface area contributed by atoms with Gasteiger partial charge >= 0.3 is 5.97 Å². The number of carboxylic acid groups (broad SMARTS) is 1. The van der Waals surface area contributed by atoms with Crippen LogP contribution in [0.5, 0.6) is 0 Å². The zero-order chi connectivity index (χ0) is 21.7. The molecule has 0 amide bonds. The quantitative estimate of drug-likeness (QED) is 0.567. The normalized spacial score (nSPS) is 20.0. The molecule has 9 heteroatoms. The number of piperazine rings is 1. The summed E-state index contributed by atoms with van der Waals surface area (Å²) in [6.45, 7) is 2.06. The number of halogens is 1. The SMILES string of the molecule is NCc1cccc(Cn2cc(C(=O)O)c(=O)c3cc(F)c(N4C[C@@H]5C[C@H]4CN5)nc32)c1. The molecule has 2 aromatic heterocycles. The predicted molar refractivity (Wildman–Crippen MR) is 114 cm³/mol. The van der Waals surface area contributed by atoms with E-state index in [9.17, 15) is 14.7 Å². The van der Waals surface area contributed by atoms with Crippen LogP contribution in [0.2, 0.25) is 0 Å². The van der Waals surface area contributed by atoms with Gasteiger partial charge in [-0.3, -0.25) is 4.79 Å². The van der Waals surface area contributed by atoms with Crippen molar-refractivity contribution in [3.05, 3.63) is 69.3 Å². The molecule has 2 fully saturated rings. The number of hydrogen-bond donors (Lipinski definition) is 3. The van der Waals surface area contributed by atoms with E-state index in [-0.39, 0.29) is 29.4 Å². The van der Waals surface area contributed by atoms with Gasteiger partial charge in [0.25, 0.3) is 0 Å². The van der Waals surface area contributed by atoms with Gasteiger partial charge in [-0.1, -0.05) is 24.3 Å². The topological polar surface area (TPSA) is 113 Å². The molecule has 0 unspecified atom stereocenters. The standard InChI is InChI=1S/C22H22FN5O3/c23-18-6-16-19(29)17(22(30)31)11-27(9-13-3-1-2-12(4-13)7-24)20(16)26-21(18)28-10-14-5-15(28)8-25-14/h1-4,6,11,14-15,25H,5,7-10,24H2,(H,30,31)/t14-,15-/m0/s1. The summed E-state index contributed by atoms with van der Waals surface area (Å²) in [6, 6.07) is 9.16. The van der Waals surface area contributed by atoms with Crippen molar-refractivity contribution < 1.29 is 14.3 Å². The van der Waals surface area contributed by atoms with E-state index in [1.54, 1.807) is 4.57 Å². The molecule has 31 heavy (non-hydrogen) atoms. The summed E-state index contributed by atoms with van der Waals surface area (Å²) in [6.07, 6.45) is 2.21. The molecule has 2 saturated heterocycles. The Kier molecular flexibility index (Phi) is 4.71. The summed E-state index contributed by atoms with van der Waals surface area (Å²) in [7, 11) is 0. The molecule has 2 aliphatic heterocycles. The number of nitrogens with two attached hydrogens (primary N) is 1. The number of nitrogens with zero attached hydrogens (tertiary/aromatic N) is 3. The van der Waals surface area contributed by atoms with E-state index in [1.807, 2.05) is 29.2 Å². The molecule has 0 aliphatic carbocycles. The lowest BCUT2D eigenvalue weighted by molar-refractivity contribution is 0.0695. The van der Waals surface area contributed by atoms with Crippen LogP contribution >= 0.6 is 0 Å². The Morgan fingerprint density at radius 3 is 2.81 bits per heavy atom. The van der Waals surface area contributed by atoms with Gasteiger partial charge in [-0.05, 0) is 23.6 Å². The minimum absolute atomic E-state index is 0.0430. The average Bonchev–Trinajstić information content (AvgIpc) is 3.39. The van der Waals surface area contributed by atoms with Crippen LogP contribution in [0.15, 0.2) is 41.3 Å². The fraction of sp³-hybridized carbons (Fsp3) is 0.318. The van der Waals surface area contributed by atoms with Crippen LogP contribution in [0.4, 0.5) is 10.2 Å². The summed E-state index contributed by atoms with van der Waals surface area (Å²) in [4.78, 5) is 30.9. The van der Waals surface area contributed by atoms with Crippen LogP contribution in [-0.4, -0.2) is 45.8 Å². The Balaban J connectivity index is 1.68. The first-order valence-electron chi connectivity index (χ1n) is 10.2. The Bertz CT molecular complexity index is 1260. The summed E-state index contributed by atoms with van der Waals surface area (Å²) < 4.78 is 16.6. The molecule has 2 atom stereocenters. The number of anilines is 1. The first-order valence-corrected chi connectivity index (χ1v) is 10.2. The van der Waals surface area contributed by atoms with Crippen LogP contribution < -0.4 is 21.4 Å².